The van der Waals surface area contributed by atoms with Gasteiger partial charge < -0.3 is 16.0 Å². The SMILES string of the molecule is NNC(=O)CCNCCNCCNCCC(=O)NN. The predicted octanol–water partition coefficient (Wildman–Crippen LogP) is -3.48. The van der Waals surface area contributed by atoms with Crippen LogP contribution in [0.2, 0.25) is 0 Å². The van der Waals surface area contributed by atoms with Crippen LogP contribution in [0.1, 0.15) is 12.8 Å². The van der Waals surface area contributed by atoms with Gasteiger partial charge in [-0.3, -0.25) is 20.4 Å². The molecule has 0 aromatic heterocycles. The molecule has 0 aliphatic rings. The van der Waals surface area contributed by atoms with Crippen molar-refractivity contribution in [1.29, 1.82) is 0 Å². The molecule has 0 fully saturated rings. The highest BCUT2D eigenvalue weighted by Gasteiger charge is 1.97. The van der Waals surface area contributed by atoms with Crippen molar-refractivity contribution in [2.75, 3.05) is 39.3 Å². The third-order valence-corrected chi connectivity index (χ3v) is 2.34. The Labute approximate surface area is 113 Å². The number of nitrogens with one attached hydrogen (secondary N) is 5. The number of hydrogen-bond acceptors (Lipinski definition) is 7. The minimum absolute atomic E-state index is 0.175. The van der Waals surface area contributed by atoms with Gasteiger partial charge in [0.2, 0.25) is 11.8 Å². The maximum atomic E-state index is 10.8. The van der Waals surface area contributed by atoms with Crippen molar-refractivity contribution >= 4 is 11.8 Å². The molecular formula is C10H25N7O2. The zero-order valence-electron chi connectivity index (χ0n) is 11.1. The lowest BCUT2D eigenvalue weighted by atomic mass is 10.4. The van der Waals surface area contributed by atoms with Crippen molar-refractivity contribution in [3.05, 3.63) is 0 Å². The molecule has 0 heterocycles. The topological polar surface area (TPSA) is 146 Å². The summed E-state index contributed by atoms with van der Waals surface area (Å²) in [6.45, 7) is 4.42. The van der Waals surface area contributed by atoms with Crippen LogP contribution in [0.25, 0.3) is 0 Å². The number of rotatable bonds is 12. The molecular weight excluding hydrogens is 250 g/mol. The summed E-state index contributed by atoms with van der Waals surface area (Å²) in [6.07, 6.45) is 0.753. The van der Waals surface area contributed by atoms with Crippen LogP contribution in [0.3, 0.4) is 0 Å². The summed E-state index contributed by atoms with van der Waals surface area (Å²) in [6, 6.07) is 0. The predicted molar refractivity (Wildman–Crippen MR) is 72.5 cm³/mol. The lowest BCUT2D eigenvalue weighted by Crippen LogP contribution is -2.36. The van der Waals surface area contributed by atoms with Gasteiger partial charge in [-0.1, -0.05) is 0 Å². The maximum Gasteiger partial charge on any atom is 0.235 e. The van der Waals surface area contributed by atoms with Crippen LogP contribution in [0.4, 0.5) is 0 Å². The summed E-state index contributed by atoms with van der Waals surface area (Å²) in [5, 5.41) is 9.43. The van der Waals surface area contributed by atoms with Crippen molar-refractivity contribution < 1.29 is 9.59 Å². The molecule has 2 amide bonds. The van der Waals surface area contributed by atoms with Crippen LogP contribution in [0, 0.1) is 0 Å². The van der Waals surface area contributed by atoms with Crippen molar-refractivity contribution in [3.63, 3.8) is 0 Å². The monoisotopic (exact) mass is 275 g/mol. The number of carbonyl (C=O) groups excluding carboxylic acids is 2. The Bertz CT molecular complexity index is 226. The number of nitrogens with two attached hydrogens (primary N) is 2. The smallest absolute Gasteiger partial charge is 0.235 e. The fraction of sp³-hybridized carbons (Fsp3) is 0.800. The van der Waals surface area contributed by atoms with E-state index in [0.29, 0.717) is 25.9 Å². The molecule has 0 aromatic carbocycles. The van der Waals surface area contributed by atoms with Gasteiger partial charge in [-0.05, 0) is 0 Å². The van der Waals surface area contributed by atoms with Crippen LogP contribution >= 0.6 is 0 Å². The van der Waals surface area contributed by atoms with Gasteiger partial charge >= 0.3 is 0 Å². The Hall–Kier alpha value is -1.26. The minimum Gasteiger partial charge on any atom is -0.315 e. The highest BCUT2D eigenvalue weighted by Crippen LogP contribution is 1.74. The molecule has 9 nitrogen and oxygen atoms in total. The molecule has 0 bridgehead atoms. The second kappa shape index (κ2) is 13.2. The molecule has 0 saturated carbocycles. The van der Waals surface area contributed by atoms with Gasteiger partial charge in [0.25, 0.3) is 0 Å². The molecule has 0 radical (unpaired) electrons. The lowest BCUT2D eigenvalue weighted by molar-refractivity contribution is -0.121. The normalized spacial score (nSPS) is 10.2. The van der Waals surface area contributed by atoms with E-state index in [9.17, 15) is 9.59 Å². The van der Waals surface area contributed by atoms with Crippen LogP contribution < -0.4 is 38.5 Å². The van der Waals surface area contributed by atoms with Gasteiger partial charge in [0.15, 0.2) is 0 Å². The molecule has 9 N–H and O–H groups in total. The lowest BCUT2D eigenvalue weighted by Gasteiger charge is -2.07. The highest BCUT2D eigenvalue weighted by atomic mass is 16.2. The molecule has 112 valence electrons. The van der Waals surface area contributed by atoms with Gasteiger partial charge in [-0.15, -0.1) is 0 Å². The fourth-order valence-electron chi connectivity index (χ4n) is 1.28. The van der Waals surface area contributed by atoms with Crippen molar-refractivity contribution in [1.82, 2.24) is 26.8 Å². The molecule has 0 saturated heterocycles. The average molecular weight is 275 g/mol. The quantitative estimate of drug-likeness (QED) is 0.0847. The fourth-order valence-corrected chi connectivity index (χ4v) is 1.28. The summed E-state index contributed by atoms with van der Waals surface area (Å²) < 4.78 is 0. The first-order valence-corrected chi connectivity index (χ1v) is 6.31. The second-order valence-corrected chi connectivity index (χ2v) is 3.89. The van der Waals surface area contributed by atoms with E-state index in [2.05, 4.69) is 26.8 Å². The van der Waals surface area contributed by atoms with Crippen LogP contribution in [0.5, 0.6) is 0 Å². The molecule has 19 heavy (non-hydrogen) atoms. The van der Waals surface area contributed by atoms with E-state index in [4.69, 9.17) is 11.7 Å². The third kappa shape index (κ3) is 13.0. The van der Waals surface area contributed by atoms with E-state index in [1.807, 2.05) is 0 Å². The van der Waals surface area contributed by atoms with E-state index in [0.717, 1.165) is 26.2 Å². The summed E-state index contributed by atoms with van der Waals surface area (Å²) in [4.78, 5) is 21.6. The Morgan fingerprint density at radius 3 is 1.26 bits per heavy atom. The molecule has 0 spiro atoms. The van der Waals surface area contributed by atoms with E-state index in [1.165, 1.54) is 0 Å². The van der Waals surface area contributed by atoms with E-state index >= 15 is 0 Å². The molecule has 0 atom stereocenters. The van der Waals surface area contributed by atoms with Gasteiger partial charge in [-0.2, -0.15) is 0 Å². The molecule has 0 aromatic rings. The van der Waals surface area contributed by atoms with Gasteiger partial charge in [0.05, 0.1) is 0 Å². The van der Waals surface area contributed by atoms with Crippen molar-refractivity contribution in [3.8, 4) is 0 Å². The zero-order chi connectivity index (χ0) is 14.3. The molecule has 0 aliphatic heterocycles. The Morgan fingerprint density at radius 2 is 0.947 bits per heavy atom. The first kappa shape index (κ1) is 17.7. The maximum absolute atomic E-state index is 10.8. The molecule has 0 rings (SSSR count). The Balaban J connectivity index is 3.07. The highest BCUT2D eigenvalue weighted by molar-refractivity contribution is 5.75. The van der Waals surface area contributed by atoms with E-state index in [1.54, 1.807) is 0 Å². The number of amides is 2. The second-order valence-electron chi connectivity index (χ2n) is 3.89. The first-order valence-electron chi connectivity index (χ1n) is 6.31. The molecule has 9 heteroatoms. The summed E-state index contributed by atoms with van der Waals surface area (Å²) >= 11 is 0. The first-order chi connectivity index (χ1) is 9.20. The number of hydrazine groups is 2. The number of carbonyl (C=O) groups is 2. The molecule has 0 unspecified atom stereocenters. The Kier molecular flexibility index (Phi) is 12.3. The van der Waals surface area contributed by atoms with Gasteiger partial charge in [0.1, 0.15) is 0 Å². The van der Waals surface area contributed by atoms with Crippen LogP contribution in [0.15, 0.2) is 0 Å². The Morgan fingerprint density at radius 1 is 0.632 bits per heavy atom. The van der Waals surface area contributed by atoms with E-state index in [-0.39, 0.29) is 11.8 Å². The minimum atomic E-state index is -0.175. The summed E-state index contributed by atoms with van der Waals surface area (Å²) in [5.41, 5.74) is 4.14. The molecule has 0 aliphatic carbocycles. The van der Waals surface area contributed by atoms with Crippen molar-refractivity contribution in [2.45, 2.75) is 12.8 Å². The van der Waals surface area contributed by atoms with Gasteiger partial charge in [-0.25, -0.2) is 11.7 Å². The zero-order valence-corrected chi connectivity index (χ0v) is 11.1. The number of hydrogen-bond donors (Lipinski definition) is 7. The van der Waals surface area contributed by atoms with Gasteiger partial charge in [0, 0.05) is 52.1 Å². The third-order valence-electron chi connectivity index (χ3n) is 2.34. The van der Waals surface area contributed by atoms with Crippen LogP contribution in [-0.4, -0.2) is 51.1 Å². The standard InChI is InChI=1S/C10H25N7O2/c11-16-9(18)1-3-13-5-7-15-8-6-14-4-2-10(19)17-12/h13-15H,1-8,11-12H2,(H,16,18)(H,17,19). The summed E-state index contributed by atoms with van der Waals surface area (Å²) in [5.74, 6) is 9.53. The van der Waals surface area contributed by atoms with E-state index < -0.39 is 0 Å². The van der Waals surface area contributed by atoms with Crippen LogP contribution in [-0.2, 0) is 9.59 Å². The largest absolute Gasteiger partial charge is 0.315 e. The average Bonchev–Trinajstić information content (AvgIpc) is 2.43. The summed E-state index contributed by atoms with van der Waals surface area (Å²) in [7, 11) is 0. The van der Waals surface area contributed by atoms with Crippen molar-refractivity contribution in [2.24, 2.45) is 11.7 Å².